The second-order valence-electron chi connectivity index (χ2n) is 7.49. The van der Waals surface area contributed by atoms with Gasteiger partial charge in [-0.1, -0.05) is 17.3 Å². The Kier molecular flexibility index (Phi) is 5.73. The Morgan fingerprint density at radius 3 is 2.67 bits per heavy atom. The second-order valence-corrected chi connectivity index (χ2v) is 7.49. The topological polar surface area (TPSA) is 97.8 Å². The highest BCUT2D eigenvalue weighted by Gasteiger charge is 2.19. The molecule has 33 heavy (non-hydrogen) atoms. The Bertz CT molecular complexity index is 1250. The van der Waals surface area contributed by atoms with Crippen LogP contribution in [0.1, 0.15) is 18.0 Å². The molecule has 0 saturated carbocycles. The van der Waals surface area contributed by atoms with Gasteiger partial charge in [-0.25, -0.2) is 9.07 Å². The van der Waals surface area contributed by atoms with Crippen LogP contribution in [0.2, 0.25) is 0 Å². The zero-order chi connectivity index (χ0) is 22.8. The van der Waals surface area contributed by atoms with Crippen LogP contribution in [0.3, 0.4) is 0 Å². The summed E-state index contributed by atoms with van der Waals surface area (Å²) in [6.45, 7) is 3.80. The zero-order valence-electron chi connectivity index (χ0n) is 17.3. The number of alkyl halides is 2. The summed E-state index contributed by atoms with van der Waals surface area (Å²) in [5.74, 6) is -1.71. The van der Waals surface area contributed by atoms with E-state index in [1.807, 2.05) is 12.1 Å². The van der Waals surface area contributed by atoms with Gasteiger partial charge in [-0.3, -0.25) is 4.98 Å². The molecule has 1 aliphatic heterocycles. The van der Waals surface area contributed by atoms with Crippen molar-refractivity contribution in [3.05, 3.63) is 60.1 Å². The number of benzene rings is 1. The molecule has 0 unspecified atom stereocenters. The van der Waals surface area contributed by atoms with Crippen molar-refractivity contribution < 1.29 is 17.6 Å². The van der Waals surface area contributed by atoms with Gasteiger partial charge in [0.1, 0.15) is 11.5 Å². The van der Waals surface area contributed by atoms with Crippen LogP contribution in [-0.2, 0) is 6.54 Å². The first-order valence-corrected chi connectivity index (χ1v) is 10.3. The highest BCUT2D eigenvalue weighted by molar-refractivity contribution is 5.65. The minimum Gasteiger partial charge on any atom is -0.415 e. The lowest BCUT2D eigenvalue weighted by Gasteiger charge is -2.29. The van der Waals surface area contributed by atoms with Gasteiger partial charge < -0.3 is 14.6 Å². The summed E-state index contributed by atoms with van der Waals surface area (Å²) in [6.07, 6.45) is 0.108. The molecule has 1 N–H and O–H groups in total. The number of halogens is 3. The molecule has 0 aliphatic carbocycles. The van der Waals surface area contributed by atoms with E-state index >= 15 is 0 Å². The highest BCUT2D eigenvalue weighted by Crippen LogP contribution is 2.25. The molecular formula is C21H19F3N8O. The monoisotopic (exact) mass is 456 g/mol. The van der Waals surface area contributed by atoms with Crippen LogP contribution in [0.15, 0.2) is 47.1 Å². The maximum absolute atomic E-state index is 14.6. The average Bonchev–Trinajstić information content (AvgIpc) is 3.52. The van der Waals surface area contributed by atoms with Gasteiger partial charge in [0.25, 0.3) is 5.89 Å². The van der Waals surface area contributed by atoms with Crippen LogP contribution in [0.4, 0.5) is 18.9 Å². The predicted molar refractivity (Wildman–Crippen MR) is 112 cm³/mol. The molecule has 0 amide bonds. The van der Waals surface area contributed by atoms with E-state index < -0.39 is 18.1 Å². The predicted octanol–water partition coefficient (Wildman–Crippen LogP) is 2.92. The number of hydrogen-bond acceptors (Lipinski definition) is 8. The number of hydrogen-bond donors (Lipinski definition) is 1. The molecule has 1 saturated heterocycles. The molecule has 9 nitrogen and oxygen atoms in total. The van der Waals surface area contributed by atoms with Crippen molar-refractivity contribution in [3.8, 4) is 22.7 Å². The van der Waals surface area contributed by atoms with E-state index in [-0.39, 0.29) is 23.7 Å². The Labute approximate surface area is 186 Å². The quantitative estimate of drug-likeness (QED) is 0.473. The molecule has 12 heteroatoms. The van der Waals surface area contributed by atoms with Crippen LogP contribution in [-0.4, -0.2) is 56.4 Å². The standard InChI is InChI=1S/C21H19F3N8O/c22-16-9-14(20-28-29-21(33-20)19(23)24)10-26-18(16)12-32-11-17(27-30-32)13-2-1-3-15(8-13)31-6-4-25-5-7-31/h1-3,8-11,19,25H,4-7,12H2. The first-order valence-electron chi connectivity index (χ1n) is 10.3. The smallest absolute Gasteiger partial charge is 0.314 e. The molecule has 4 aromatic rings. The second kappa shape index (κ2) is 8.98. The molecule has 170 valence electrons. The van der Waals surface area contributed by atoms with E-state index in [4.69, 9.17) is 4.42 Å². The number of pyridine rings is 1. The van der Waals surface area contributed by atoms with E-state index in [0.717, 1.165) is 43.5 Å². The van der Waals surface area contributed by atoms with Crippen molar-refractivity contribution in [1.29, 1.82) is 0 Å². The van der Waals surface area contributed by atoms with Crippen LogP contribution >= 0.6 is 0 Å². The Morgan fingerprint density at radius 2 is 1.91 bits per heavy atom. The first kappa shape index (κ1) is 21.1. The number of anilines is 1. The molecule has 1 fully saturated rings. The summed E-state index contributed by atoms with van der Waals surface area (Å²) < 4.78 is 46.2. The SMILES string of the molecule is Fc1cc(-c2nnc(C(F)F)o2)cnc1Cn1cc(-c2cccc(N3CCNCC3)c2)nn1. The van der Waals surface area contributed by atoms with Gasteiger partial charge in [0.15, 0.2) is 0 Å². The Balaban J connectivity index is 1.32. The molecule has 0 atom stereocenters. The third-order valence-corrected chi connectivity index (χ3v) is 5.27. The van der Waals surface area contributed by atoms with Crippen molar-refractivity contribution in [2.24, 2.45) is 0 Å². The third-order valence-electron chi connectivity index (χ3n) is 5.27. The Morgan fingerprint density at radius 1 is 1.06 bits per heavy atom. The van der Waals surface area contributed by atoms with E-state index in [9.17, 15) is 13.2 Å². The molecule has 3 aromatic heterocycles. The number of nitrogens with one attached hydrogen (secondary N) is 1. The first-order chi connectivity index (χ1) is 16.1. The summed E-state index contributed by atoms with van der Waals surface area (Å²) in [7, 11) is 0. The van der Waals surface area contributed by atoms with Crippen molar-refractivity contribution >= 4 is 5.69 Å². The maximum Gasteiger partial charge on any atom is 0.314 e. The zero-order valence-corrected chi connectivity index (χ0v) is 17.3. The van der Waals surface area contributed by atoms with Gasteiger partial charge in [-0.15, -0.1) is 15.3 Å². The lowest BCUT2D eigenvalue weighted by atomic mass is 10.1. The lowest BCUT2D eigenvalue weighted by Crippen LogP contribution is -2.43. The fourth-order valence-corrected chi connectivity index (χ4v) is 3.59. The average molecular weight is 456 g/mol. The molecular weight excluding hydrogens is 437 g/mol. The minimum atomic E-state index is -2.90. The molecule has 1 aromatic carbocycles. The van der Waals surface area contributed by atoms with Crippen LogP contribution in [0.25, 0.3) is 22.7 Å². The number of piperazine rings is 1. The van der Waals surface area contributed by atoms with Gasteiger partial charge in [0.05, 0.1) is 24.0 Å². The Hall–Kier alpha value is -3.80. The number of nitrogens with zero attached hydrogens (tertiary/aromatic N) is 7. The van der Waals surface area contributed by atoms with E-state index in [1.165, 1.54) is 10.9 Å². The van der Waals surface area contributed by atoms with Gasteiger partial charge in [-0.05, 0) is 18.2 Å². The van der Waals surface area contributed by atoms with Crippen molar-refractivity contribution in [1.82, 2.24) is 35.5 Å². The summed E-state index contributed by atoms with van der Waals surface area (Å²) in [4.78, 5) is 6.37. The van der Waals surface area contributed by atoms with Gasteiger partial charge >= 0.3 is 6.43 Å². The van der Waals surface area contributed by atoms with Gasteiger partial charge in [-0.2, -0.15) is 8.78 Å². The summed E-state index contributed by atoms with van der Waals surface area (Å²) in [6, 6.07) is 9.16. The van der Waals surface area contributed by atoms with Crippen LogP contribution < -0.4 is 10.2 Å². The molecule has 0 radical (unpaired) electrons. The van der Waals surface area contributed by atoms with Crippen LogP contribution in [0, 0.1) is 5.82 Å². The van der Waals surface area contributed by atoms with Crippen molar-refractivity contribution in [3.63, 3.8) is 0 Å². The number of aromatic nitrogens is 6. The summed E-state index contributed by atoms with van der Waals surface area (Å²) in [5.41, 5.74) is 2.91. The van der Waals surface area contributed by atoms with E-state index in [2.05, 4.69) is 47.8 Å². The largest absolute Gasteiger partial charge is 0.415 e. The van der Waals surface area contributed by atoms with Crippen molar-refractivity contribution in [2.75, 3.05) is 31.1 Å². The molecule has 5 rings (SSSR count). The minimum absolute atomic E-state index is 0.0444. The van der Waals surface area contributed by atoms with Crippen molar-refractivity contribution in [2.45, 2.75) is 13.0 Å². The highest BCUT2D eigenvalue weighted by atomic mass is 19.3. The molecule has 4 heterocycles. The summed E-state index contributed by atoms with van der Waals surface area (Å²) >= 11 is 0. The normalized spacial score (nSPS) is 14.2. The fourth-order valence-electron chi connectivity index (χ4n) is 3.59. The van der Waals surface area contributed by atoms with E-state index in [1.54, 1.807) is 6.20 Å². The van der Waals surface area contributed by atoms with E-state index in [0.29, 0.717) is 5.69 Å². The summed E-state index contributed by atoms with van der Waals surface area (Å²) in [5, 5.41) is 18.4. The van der Waals surface area contributed by atoms with Crippen LogP contribution in [0.5, 0.6) is 0 Å². The molecule has 1 aliphatic rings. The van der Waals surface area contributed by atoms with Gasteiger partial charge in [0.2, 0.25) is 5.89 Å². The number of rotatable bonds is 6. The lowest BCUT2D eigenvalue weighted by molar-refractivity contribution is 0.116. The van der Waals surface area contributed by atoms with Gasteiger partial charge in [0, 0.05) is 43.6 Å². The molecule has 0 spiro atoms. The molecule has 0 bridgehead atoms. The maximum atomic E-state index is 14.6. The fraction of sp³-hybridized carbons (Fsp3) is 0.286. The third kappa shape index (κ3) is 4.55.